The van der Waals surface area contributed by atoms with E-state index in [4.69, 9.17) is 4.74 Å². The average molecular weight is 436 g/mol. The highest BCUT2D eigenvalue weighted by Crippen LogP contribution is 2.23. The van der Waals surface area contributed by atoms with Gasteiger partial charge in [0.1, 0.15) is 23.3 Å². The van der Waals surface area contributed by atoms with Crippen molar-refractivity contribution in [1.29, 1.82) is 0 Å². The summed E-state index contributed by atoms with van der Waals surface area (Å²) in [4.78, 5) is 23.6. The molecule has 3 N–H and O–H groups in total. The fourth-order valence-electron chi connectivity index (χ4n) is 3.41. The number of aromatic nitrogens is 2. The Morgan fingerprint density at radius 3 is 2.59 bits per heavy atom. The number of hydrogen-bond acceptors (Lipinski definition) is 6. The predicted octanol–water partition coefficient (Wildman–Crippen LogP) is 4.46. The lowest BCUT2D eigenvalue weighted by atomic mass is 10.2. The second-order valence-electron chi connectivity index (χ2n) is 7.50. The van der Waals surface area contributed by atoms with Gasteiger partial charge in [-0.25, -0.2) is 19.2 Å². The minimum Gasteiger partial charge on any atom is -0.378 e. The van der Waals surface area contributed by atoms with Crippen molar-refractivity contribution in [2.45, 2.75) is 13.8 Å². The normalized spacial score (nSPS) is 13.5. The van der Waals surface area contributed by atoms with Crippen LogP contribution in [-0.4, -0.2) is 42.3 Å². The number of amides is 2. The van der Waals surface area contributed by atoms with E-state index in [1.807, 2.05) is 25.1 Å². The molecule has 1 fully saturated rings. The van der Waals surface area contributed by atoms with E-state index in [0.29, 0.717) is 36.2 Å². The van der Waals surface area contributed by atoms with Crippen LogP contribution in [0.5, 0.6) is 0 Å². The zero-order valence-electron chi connectivity index (χ0n) is 18.0. The van der Waals surface area contributed by atoms with Crippen molar-refractivity contribution in [2.75, 3.05) is 47.2 Å². The molecule has 0 aliphatic carbocycles. The Morgan fingerprint density at radius 1 is 1.00 bits per heavy atom. The van der Waals surface area contributed by atoms with Crippen molar-refractivity contribution in [3.63, 3.8) is 0 Å². The van der Waals surface area contributed by atoms with E-state index in [0.717, 1.165) is 30.2 Å². The molecule has 9 heteroatoms. The molecular weight excluding hydrogens is 411 g/mol. The highest BCUT2D eigenvalue weighted by atomic mass is 19.1. The molecule has 2 amide bonds. The lowest BCUT2D eigenvalue weighted by molar-refractivity contribution is 0.122. The molecule has 2 aromatic carbocycles. The van der Waals surface area contributed by atoms with Crippen LogP contribution in [-0.2, 0) is 4.74 Å². The largest absolute Gasteiger partial charge is 0.378 e. The molecule has 3 aromatic rings. The summed E-state index contributed by atoms with van der Waals surface area (Å²) in [5.41, 5.74) is 2.53. The summed E-state index contributed by atoms with van der Waals surface area (Å²) < 4.78 is 18.9. The fraction of sp³-hybridized carbons (Fsp3) is 0.261. The summed E-state index contributed by atoms with van der Waals surface area (Å²) in [6, 6.07) is 13.0. The summed E-state index contributed by atoms with van der Waals surface area (Å²) in [5, 5.41) is 8.72. The molecule has 1 aromatic heterocycles. The molecule has 0 bridgehead atoms. The second-order valence-corrected chi connectivity index (χ2v) is 7.50. The fourth-order valence-corrected chi connectivity index (χ4v) is 3.41. The zero-order chi connectivity index (χ0) is 22.5. The van der Waals surface area contributed by atoms with Crippen LogP contribution >= 0.6 is 0 Å². The van der Waals surface area contributed by atoms with Crippen molar-refractivity contribution in [1.82, 2.24) is 9.97 Å². The summed E-state index contributed by atoms with van der Waals surface area (Å²) >= 11 is 0. The van der Waals surface area contributed by atoms with Crippen molar-refractivity contribution >= 4 is 34.7 Å². The molecule has 1 aliphatic rings. The summed E-state index contributed by atoms with van der Waals surface area (Å²) in [5.74, 6) is 1.77. The van der Waals surface area contributed by atoms with Crippen molar-refractivity contribution in [3.05, 3.63) is 65.7 Å². The van der Waals surface area contributed by atoms with Crippen LogP contribution in [0, 0.1) is 19.7 Å². The first-order valence-corrected chi connectivity index (χ1v) is 10.4. The highest BCUT2D eigenvalue weighted by molar-refractivity contribution is 6.00. The first kappa shape index (κ1) is 21.5. The summed E-state index contributed by atoms with van der Waals surface area (Å²) in [6.07, 6.45) is 0. The van der Waals surface area contributed by atoms with Crippen LogP contribution in [0.3, 0.4) is 0 Å². The number of nitrogens with one attached hydrogen (secondary N) is 3. The standard InChI is InChI=1S/C23H25FN6O2/c1-15-6-7-17(24)12-20(15)29-23(31)28-19-5-3-4-18(13-19)27-21-14-22(26-16(2)25-21)30-8-10-32-11-9-30/h3-7,12-14H,8-11H2,1-2H3,(H,25,26,27)(H2,28,29,31). The number of ether oxygens (including phenoxy) is 1. The number of benzene rings is 2. The number of halogens is 1. The third-order valence-electron chi connectivity index (χ3n) is 5.00. The van der Waals surface area contributed by atoms with Gasteiger partial charge < -0.3 is 25.6 Å². The molecule has 4 rings (SSSR count). The topological polar surface area (TPSA) is 91.4 Å². The number of hydrogen-bond donors (Lipinski definition) is 3. The van der Waals surface area contributed by atoms with E-state index < -0.39 is 11.8 Å². The van der Waals surface area contributed by atoms with E-state index in [1.165, 1.54) is 12.1 Å². The molecular formula is C23H25FN6O2. The van der Waals surface area contributed by atoms with E-state index in [9.17, 15) is 9.18 Å². The number of carbonyl (C=O) groups is 1. The Labute approximate surface area is 185 Å². The minimum absolute atomic E-state index is 0.409. The van der Waals surface area contributed by atoms with Gasteiger partial charge in [-0.2, -0.15) is 0 Å². The Morgan fingerprint density at radius 2 is 1.78 bits per heavy atom. The summed E-state index contributed by atoms with van der Waals surface area (Å²) in [6.45, 7) is 6.58. The second kappa shape index (κ2) is 9.61. The lowest BCUT2D eigenvalue weighted by Crippen LogP contribution is -2.36. The van der Waals surface area contributed by atoms with Crippen LogP contribution in [0.4, 0.5) is 37.9 Å². The molecule has 32 heavy (non-hydrogen) atoms. The lowest BCUT2D eigenvalue weighted by Gasteiger charge is -2.28. The van der Waals surface area contributed by atoms with Crippen LogP contribution in [0.25, 0.3) is 0 Å². The van der Waals surface area contributed by atoms with E-state index in [1.54, 1.807) is 25.1 Å². The monoisotopic (exact) mass is 436 g/mol. The Balaban J connectivity index is 1.44. The number of aryl methyl sites for hydroxylation is 2. The van der Waals surface area contributed by atoms with Gasteiger partial charge in [0.25, 0.3) is 0 Å². The molecule has 8 nitrogen and oxygen atoms in total. The Kier molecular flexibility index (Phi) is 6.46. The number of carbonyl (C=O) groups excluding carboxylic acids is 1. The molecule has 2 heterocycles. The van der Waals surface area contributed by atoms with Gasteiger partial charge in [0.05, 0.1) is 13.2 Å². The van der Waals surface area contributed by atoms with Gasteiger partial charge in [0.2, 0.25) is 0 Å². The number of anilines is 5. The number of rotatable bonds is 5. The molecule has 1 aliphatic heterocycles. The molecule has 0 spiro atoms. The van der Waals surface area contributed by atoms with E-state index in [-0.39, 0.29) is 0 Å². The zero-order valence-corrected chi connectivity index (χ0v) is 18.0. The van der Waals surface area contributed by atoms with Crippen LogP contribution in [0.15, 0.2) is 48.5 Å². The van der Waals surface area contributed by atoms with Gasteiger partial charge in [-0.05, 0) is 49.7 Å². The average Bonchev–Trinajstić information content (AvgIpc) is 2.77. The van der Waals surface area contributed by atoms with Gasteiger partial charge in [0.15, 0.2) is 0 Å². The maximum Gasteiger partial charge on any atom is 0.323 e. The van der Waals surface area contributed by atoms with Gasteiger partial charge >= 0.3 is 6.03 Å². The molecule has 0 atom stereocenters. The van der Waals surface area contributed by atoms with Crippen molar-refractivity contribution < 1.29 is 13.9 Å². The molecule has 0 radical (unpaired) electrons. The Hall–Kier alpha value is -3.72. The third-order valence-corrected chi connectivity index (χ3v) is 5.00. The summed E-state index contributed by atoms with van der Waals surface area (Å²) in [7, 11) is 0. The number of urea groups is 1. The highest BCUT2D eigenvalue weighted by Gasteiger charge is 2.14. The van der Waals surface area contributed by atoms with E-state index in [2.05, 4.69) is 30.8 Å². The molecule has 166 valence electrons. The maximum atomic E-state index is 13.5. The van der Waals surface area contributed by atoms with Gasteiger partial charge in [0, 0.05) is 36.2 Å². The smallest absolute Gasteiger partial charge is 0.323 e. The quantitative estimate of drug-likeness (QED) is 0.547. The van der Waals surface area contributed by atoms with Gasteiger partial charge in [-0.3, -0.25) is 0 Å². The van der Waals surface area contributed by atoms with Crippen LogP contribution < -0.4 is 20.9 Å². The first-order valence-electron chi connectivity index (χ1n) is 10.4. The molecule has 0 unspecified atom stereocenters. The van der Waals surface area contributed by atoms with Gasteiger partial charge in [-0.1, -0.05) is 12.1 Å². The van der Waals surface area contributed by atoms with E-state index >= 15 is 0 Å². The maximum absolute atomic E-state index is 13.5. The van der Waals surface area contributed by atoms with Crippen LogP contribution in [0.1, 0.15) is 11.4 Å². The minimum atomic E-state index is -0.455. The first-order chi connectivity index (χ1) is 15.5. The number of morpholine rings is 1. The van der Waals surface area contributed by atoms with Gasteiger partial charge in [-0.15, -0.1) is 0 Å². The predicted molar refractivity (Wildman–Crippen MR) is 123 cm³/mol. The van der Waals surface area contributed by atoms with Crippen LogP contribution in [0.2, 0.25) is 0 Å². The van der Waals surface area contributed by atoms with Crippen molar-refractivity contribution in [3.8, 4) is 0 Å². The third kappa shape index (κ3) is 5.50. The SMILES string of the molecule is Cc1nc(Nc2cccc(NC(=O)Nc3cc(F)ccc3C)c2)cc(N2CCOCC2)n1. The molecule has 0 saturated carbocycles. The van der Waals surface area contributed by atoms with Crippen molar-refractivity contribution in [2.24, 2.45) is 0 Å². The Bertz CT molecular complexity index is 1120. The number of nitrogens with zero attached hydrogens (tertiary/aromatic N) is 3. The molecule has 1 saturated heterocycles.